The summed E-state index contributed by atoms with van der Waals surface area (Å²) in [6.07, 6.45) is 5.19. The fraction of sp³-hybridized carbons (Fsp3) is 0.188. The number of anilines is 2. The van der Waals surface area contributed by atoms with Crippen molar-refractivity contribution >= 4 is 22.8 Å². The third-order valence-corrected chi connectivity index (χ3v) is 3.71. The lowest BCUT2D eigenvalue weighted by atomic mass is 10.2. The number of benzene rings is 1. The lowest BCUT2D eigenvalue weighted by molar-refractivity contribution is 0.102. The second-order valence-electron chi connectivity index (χ2n) is 5.51. The Labute approximate surface area is 131 Å². The molecule has 116 valence electrons. The molecule has 2 heterocycles. The summed E-state index contributed by atoms with van der Waals surface area (Å²) in [5.74, 6) is -0.938. The Balaban J connectivity index is 1.62. The van der Waals surface area contributed by atoms with Gasteiger partial charge < -0.3 is 10.6 Å². The van der Waals surface area contributed by atoms with Gasteiger partial charge in [0.15, 0.2) is 0 Å². The van der Waals surface area contributed by atoms with E-state index in [4.69, 9.17) is 0 Å². The monoisotopic (exact) mass is 311 g/mol. The summed E-state index contributed by atoms with van der Waals surface area (Å²) in [7, 11) is 0. The topological polar surface area (TPSA) is 71.3 Å². The second-order valence-corrected chi connectivity index (χ2v) is 5.51. The van der Waals surface area contributed by atoms with Gasteiger partial charge in [-0.3, -0.25) is 4.79 Å². The molecule has 1 fully saturated rings. The van der Waals surface area contributed by atoms with Crippen LogP contribution < -0.4 is 10.6 Å². The molecule has 0 aliphatic heterocycles. The first kappa shape index (κ1) is 13.7. The number of halogens is 1. The Morgan fingerprint density at radius 1 is 1.30 bits per heavy atom. The molecule has 7 heteroatoms. The normalized spacial score (nSPS) is 14.0. The number of hydrogen-bond donors (Lipinski definition) is 2. The smallest absolute Gasteiger partial charge is 0.274 e. The van der Waals surface area contributed by atoms with Crippen LogP contribution in [0, 0.1) is 5.82 Å². The van der Waals surface area contributed by atoms with Gasteiger partial charge in [-0.15, -0.1) is 0 Å². The highest BCUT2D eigenvalue weighted by Crippen LogP contribution is 2.31. The average Bonchev–Trinajstić information content (AvgIpc) is 3.24. The van der Waals surface area contributed by atoms with E-state index < -0.39 is 11.7 Å². The zero-order valence-electron chi connectivity index (χ0n) is 12.2. The van der Waals surface area contributed by atoms with E-state index in [0.29, 0.717) is 11.7 Å². The molecule has 0 radical (unpaired) electrons. The molecular weight excluding hydrogens is 297 g/mol. The van der Waals surface area contributed by atoms with Crippen molar-refractivity contribution in [1.29, 1.82) is 0 Å². The first-order valence-corrected chi connectivity index (χ1v) is 7.36. The van der Waals surface area contributed by atoms with Gasteiger partial charge in [0.25, 0.3) is 5.91 Å². The van der Waals surface area contributed by atoms with Gasteiger partial charge in [-0.05, 0) is 37.1 Å². The van der Waals surface area contributed by atoms with Crippen LogP contribution in [-0.2, 0) is 0 Å². The fourth-order valence-corrected chi connectivity index (χ4v) is 2.35. The van der Waals surface area contributed by atoms with Gasteiger partial charge >= 0.3 is 0 Å². The van der Waals surface area contributed by atoms with E-state index in [0.717, 1.165) is 18.4 Å². The van der Waals surface area contributed by atoms with Crippen molar-refractivity contribution in [1.82, 2.24) is 14.6 Å². The molecule has 1 aliphatic rings. The van der Waals surface area contributed by atoms with Crippen molar-refractivity contribution in [3.63, 3.8) is 0 Å². The zero-order valence-corrected chi connectivity index (χ0v) is 12.2. The van der Waals surface area contributed by atoms with E-state index in [1.807, 2.05) is 0 Å². The molecule has 0 atom stereocenters. The largest absolute Gasteiger partial charge is 0.381 e. The predicted molar refractivity (Wildman–Crippen MR) is 84.0 cm³/mol. The Morgan fingerprint density at radius 3 is 3.00 bits per heavy atom. The summed E-state index contributed by atoms with van der Waals surface area (Å²) < 4.78 is 15.7. The molecule has 6 nitrogen and oxygen atoms in total. The number of nitrogens with one attached hydrogen (secondary N) is 2. The summed E-state index contributed by atoms with van der Waals surface area (Å²) in [6, 6.07) is 8.42. The molecular formula is C16H14FN5O. The molecule has 0 unspecified atom stereocenters. The molecule has 0 saturated heterocycles. The van der Waals surface area contributed by atoms with Crippen molar-refractivity contribution in [2.24, 2.45) is 0 Å². The van der Waals surface area contributed by atoms with Crippen molar-refractivity contribution in [2.75, 3.05) is 10.6 Å². The average molecular weight is 311 g/mol. The molecule has 1 amide bonds. The third-order valence-electron chi connectivity index (χ3n) is 3.71. The van der Waals surface area contributed by atoms with Crippen LogP contribution in [0.4, 0.5) is 15.8 Å². The van der Waals surface area contributed by atoms with Gasteiger partial charge in [0.1, 0.15) is 23.5 Å². The number of amides is 1. The Kier molecular flexibility index (Phi) is 3.18. The Hall–Kier alpha value is -2.96. The van der Waals surface area contributed by atoms with E-state index in [2.05, 4.69) is 20.7 Å². The predicted octanol–water partition coefficient (Wildman–Crippen LogP) is 2.70. The van der Waals surface area contributed by atoms with Crippen molar-refractivity contribution < 1.29 is 9.18 Å². The number of nitrogens with zero attached hydrogens (tertiary/aromatic N) is 3. The summed E-state index contributed by atoms with van der Waals surface area (Å²) in [4.78, 5) is 16.4. The highest BCUT2D eigenvalue weighted by atomic mass is 19.1. The number of para-hydroxylation sites is 1. The quantitative estimate of drug-likeness (QED) is 0.777. The van der Waals surface area contributed by atoms with Crippen LogP contribution in [0.3, 0.4) is 0 Å². The van der Waals surface area contributed by atoms with Crippen molar-refractivity contribution in [3.05, 3.63) is 54.4 Å². The maximum absolute atomic E-state index is 14.1. The van der Waals surface area contributed by atoms with Crippen LogP contribution in [0.5, 0.6) is 0 Å². The number of aromatic nitrogens is 3. The van der Waals surface area contributed by atoms with Crippen molar-refractivity contribution in [2.45, 2.75) is 18.9 Å². The maximum atomic E-state index is 14.1. The number of carbonyl (C=O) groups excluding carboxylic acids is 1. The Bertz CT molecular complexity index is 887. The second kappa shape index (κ2) is 5.35. The summed E-state index contributed by atoms with van der Waals surface area (Å²) >= 11 is 0. The first-order chi connectivity index (χ1) is 11.2. The van der Waals surface area contributed by atoms with Crippen LogP contribution in [0.15, 0.2) is 42.9 Å². The van der Waals surface area contributed by atoms with Gasteiger partial charge in [-0.25, -0.2) is 13.9 Å². The van der Waals surface area contributed by atoms with Crippen LogP contribution in [-0.4, -0.2) is 26.5 Å². The zero-order chi connectivity index (χ0) is 15.8. The van der Waals surface area contributed by atoms with Gasteiger partial charge in [-0.2, -0.15) is 5.10 Å². The molecule has 23 heavy (non-hydrogen) atoms. The molecule has 1 aliphatic carbocycles. The third kappa shape index (κ3) is 2.73. The highest BCUT2D eigenvalue weighted by Gasteiger charge is 2.23. The molecule has 3 aromatic rings. The summed E-state index contributed by atoms with van der Waals surface area (Å²) in [5.41, 5.74) is 1.69. The van der Waals surface area contributed by atoms with E-state index in [1.54, 1.807) is 35.0 Å². The number of fused-ring (bicyclic) bond motifs is 1. The van der Waals surface area contributed by atoms with Crippen molar-refractivity contribution in [3.8, 4) is 0 Å². The van der Waals surface area contributed by atoms with Gasteiger partial charge in [0.05, 0.1) is 17.4 Å². The molecule has 0 spiro atoms. The SMILES string of the molecule is O=C(Nc1c(F)cccc1NC1CC1)c1cc2ccnn2cn1. The minimum absolute atomic E-state index is 0.152. The molecule has 0 bridgehead atoms. The molecule has 4 rings (SSSR count). The number of carbonyl (C=O) groups is 1. The van der Waals surface area contributed by atoms with Crippen LogP contribution in [0.2, 0.25) is 0 Å². The van der Waals surface area contributed by atoms with E-state index in [1.165, 1.54) is 12.4 Å². The minimum Gasteiger partial charge on any atom is -0.381 e. The maximum Gasteiger partial charge on any atom is 0.274 e. The number of hydrogen-bond acceptors (Lipinski definition) is 4. The molecule has 2 aromatic heterocycles. The summed E-state index contributed by atoms with van der Waals surface area (Å²) in [5, 5.41) is 9.86. The lowest BCUT2D eigenvalue weighted by Gasteiger charge is -2.13. The highest BCUT2D eigenvalue weighted by molar-refractivity contribution is 6.05. The number of rotatable bonds is 4. The van der Waals surface area contributed by atoms with E-state index in [-0.39, 0.29) is 11.4 Å². The van der Waals surface area contributed by atoms with Gasteiger partial charge in [0, 0.05) is 6.04 Å². The summed E-state index contributed by atoms with van der Waals surface area (Å²) in [6.45, 7) is 0. The fourth-order valence-electron chi connectivity index (χ4n) is 2.35. The first-order valence-electron chi connectivity index (χ1n) is 7.36. The molecule has 1 saturated carbocycles. The minimum atomic E-state index is -0.477. The van der Waals surface area contributed by atoms with E-state index in [9.17, 15) is 9.18 Å². The standard InChI is InChI=1S/C16H14FN5O/c17-12-2-1-3-13(20-10-4-5-10)15(12)21-16(23)14-8-11-6-7-19-22(11)9-18-14/h1-3,6-10,20H,4-5H2,(H,21,23). The van der Waals surface area contributed by atoms with Gasteiger partial charge in [-0.1, -0.05) is 6.07 Å². The van der Waals surface area contributed by atoms with Crippen LogP contribution in [0.1, 0.15) is 23.3 Å². The van der Waals surface area contributed by atoms with E-state index >= 15 is 0 Å². The molecule has 2 N–H and O–H groups in total. The lowest BCUT2D eigenvalue weighted by Crippen LogP contribution is -2.17. The molecule has 1 aromatic carbocycles. The van der Waals surface area contributed by atoms with Crippen LogP contribution in [0.25, 0.3) is 5.52 Å². The van der Waals surface area contributed by atoms with Crippen LogP contribution >= 0.6 is 0 Å². The van der Waals surface area contributed by atoms with Gasteiger partial charge in [0.2, 0.25) is 0 Å². The Morgan fingerprint density at radius 2 is 2.17 bits per heavy atom.